The number of aliphatic imine (C=N–C) groups is 3. The van der Waals surface area contributed by atoms with Crippen molar-refractivity contribution in [3.05, 3.63) is 215 Å². The van der Waals surface area contributed by atoms with Crippen LogP contribution in [0.5, 0.6) is 5.75 Å². The van der Waals surface area contributed by atoms with E-state index < -0.39 is 0 Å². The number of allylic oxidation sites excluding steroid dienone is 5. The maximum absolute atomic E-state index is 6.13. The smallest absolute Gasteiger partial charge is 0.161 e. The Labute approximate surface area is 324 Å². The predicted octanol–water partition coefficient (Wildman–Crippen LogP) is 12.9. The van der Waals surface area contributed by atoms with Gasteiger partial charge in [-0.25, -0.2) is 9.98 Å². The minimum Gasteiger partial charge on any atom is -0.457 e. The molecule has 0 bridgehead atoms. The second kappa shape index (κ2) is 17.3. The molecule has 0 aromatic heterocycles. The van der Waals surface area contributed by atoms with Gasteiger partial charge < -0.3 is 4.74 Å². The van der Waals surface area contributed by atoms with Crippen molar-refractivity contribution in [2.45, 2.75) is 27.3 Å². The van der Waals surface area contributed by atoms with Crippen molar-refractivity contribution in [1.82, 2.24) is 0 Å². The van der Waals surface area contributed by atoms with E-state index in [0.717, 1.165) is 61.6 Å². The number of rotatable bonds is 8. The maximum atomic E-state index is 6.13. The molecule has 0 saturated heterocycles. The summed E-state index contributed by atoms with van der Waals surface area (Å²) in [5, 5.41) is 2.38. The predicted molar refractivity (Wildman–Crippen MR) is 235 cm³/mol. The Bertz CT molecular complexity index is 2560. The summed E-state index contributed by atoms with van der Waals surface area (Å²) in [6.45, 7) is 10.6. The van der Waals surface area contributed by atoms with Gasteiger partial charge in [0.2, 0.25) is 0 Å². The van der Waals surface area contributed by atoms with Crippen LogP contribution in [-0.2, 0) is 6.54 Å². The quantitative estimate of drug-likeness (QED) is 0.0880. The summed E-state index contributed by atoms with van der Waals surface area (Å²) in [4.78, 5) is 14.9. The second-order valence-corrected chi connectivity index (χ2v) is 13.4. The van der Waals surface area contributed by atoms with Gasteiger partial charge in [0.1, 0.15) is 11.5 Å². The van der Waals surface area contributed by atoms with Crippen LogP contribution in [0.2, 0.25) is 0 Å². The molecule has 0 amide bonds. The molecule has 1 aliphatic rings. The molecule has 1 heterocycles. The Hall–Kier alpha value is -6.91. The van der Waals surface area contributed by atoms with Crippen LogP contribution in [0.25, 0.3) is 39.6 Å². The lowest BCUT2D eigenvalue weighted by molar-refractivity contribution is 0.442. The van der Waals surface area contributed by atoms with Crippen LogP contribution in [0.15, 0.2) is 196 Å². The van der Waals surface area contributed by atoms with E-state index in [9.17, 15) is 0 Å². The molecule has 55 heavy (non-hydrogen) atoms. The highest BCUT2D eigenvalue weighted by Crippen LogP contribution is 2.31. The Morgan fingerprint density at radius 2 is 1.44 bits per heavy atom. The van der Waals surface area contributed by atoms with Crippen molar-refractivity contribution in [2.24, 2.45) is 15.0 Å². The molecular weight excluding hydrogens is 671 g/mol. The van der Waals surface area contributed by atoms with Crippen LogP contribution >= 0.6 is 0 Å². The summed E-state index contributed by atoms with van der Waals surface area (Å²) >= 11 is 0. The van der Waals surface area contributed by atoms with Gasteiger partial charge in [0.05, 0.1) is 6.54 Å². The molecule has 7 rings (SSSR count). The molecule has 0 unspecified atom stereocenters. The number of hydrogen-bond donors (Lipinski definition) is 0. The van der Waals surface area contributed by atoms with Crippen molar-refractivity contribution in [3.8, 4) is 16.9 Å². The van der Waals surface area contributed by atoms with E-state index in [4.69, 9.17) is 14.7 Å². The maximum Gasteiger partial charge on any atom is 0.161 e. The van der Waals surface area contributed by atoms with Crippen molar-refractivity contribution in [1.29, 1.82) is 0 Å². The average Bonchev–Trinajstić information content (AvgIpc) is 3.22. The van der Waals surface area contributed by atoms with Crippen molar-refractivity contribution in [2.75, 3.05) is 0 Å². The number of aryl methyl sites for hydroxylation is 1. The Morgan fingerprint density at radius 3 is 2.22 bits per heavy atom. The molecule has 0 aliphatic carbocycles. The number of ether oxygens (including phenoxy) is 1. The molecule has 268 valence electrons. The summed E-state index contributed by atoms with van der Waals surface area (Å²) in [7, 11) is 0. The lowest BCUT2D eigenvalue weighted by Gasteiger charge is -2.13. The van der Waals surface area contributed by atoms with Crippen LogP contribution < -0.4 is 4.74 Å². The van der Waals surface area contributed by atoms with Gasteiger partial charge in [-0.05, 0) is 108 Å². The lowest BCUT2D eigenvalue weighted by Crippen LogP contribution is -2.07. The summed E-state index contributed by atoms with van der Waals surface area (Å²) in [6.07, 6.45) is 14.3. The minimum atomic E-state index is 0.443. The van der Waals surface area contributed by atoms with E-state index in [1.54, 1.807) is 0 Å². The lowest BCUT2D eigenvalue weighted by atomic mass is 9.98. The largest absolute Gasteiger partial charge is 0.457 e. The van der Waals surface area contributed by atoms with E-state index in [-0.39, 0.29) is 0 Å². The first kappa shape index (κ1) is 36.4. The molecular formula is C51H43N3O. The van der Waals surface area contributed by atoms with Crippen molar-refractivity contribution < 1.29 is 4.74 Å². The Morgan fingerprint density at radius 1 is 0.709 bits per heavy atom. The van der Waals surface area contributed by atoms with Gasteiger partial charge in [-0.15, -0.1) is 0 Å². The molecule has 0 fully saturated rings. The normalized spacial score (nSPS) is 15.5. The van der Waals surface area contributed by atoms with Gasteiger partial charge in [0.25, 0.3) is 0 Å². The van der Waals surface area contributed by atoms with E-state index in [0.29, 0.717) is 18.2 Å². The van der Waals surface area contributed by atoms with Gasteiger partial charge in [0.15, 0.2) is 11.7 Å². The fourth-order valence-corrected chi connectivity index (χ4v) is 6.52. The molecule has 0 saturated carbocycles. The van der Waals surface area contributed by atoms with Crippen LogP contribution in [0.3, 0.4) is 0 Å². The first-order chi connectivity index (χ1) is 27.0. The van der Waals surface area contributed by atoms with E-state index in [2.05, 4.69) is 159 Å². The minimum absolute atomic E-state index is 0.443. The van der Waals surface area contributed by atoms with E-state index in [1.807, 2.05) is 55.5 Å². The molecule has 0 spiro atoms. The van der Waals surface area contributed by atoms with Crippen molar-refractivity contribution in [3.63, 3.8) is 0 Å². The number of nitrogens with zero attached hydrogens (tertiary/aromatic N) is 3. The molecule has 6 aromatic rings. The standard InChI is InChI=1S/C51H43N3O/c1-5-47-22-14-13-21-46-34-45(30-32-49(46)55-47)42-25-27-43(28-26-42)50(52-4)54-51(53-35-38-23-24-41-19-11-12-20-44(41)33-38)48(37(3)40-17-7-6-8-18-40)31-29-39-16-10-9-15-36(39)2/h5-34H,4,35H2,1-3H3/b21-13-,22-14-,31-29-,47-5-,48-37+,53-51-,54-50-. The zero-order chi connectivity index (χ0) is 38.0. The van der Waals surface area contributed by atoms with Crippen LogP contribution in [0, 0.1) is 6.92 Å². The van der Waals surface area contributed by atoms with Gasteiger partial charge in [-0.1, -0.05) is 152 Å². The third-order valence-corrected chi connectivity index (χ3v) is 9.70. The number of fused-ring (bicyclic) bond motifs is 2. The molecule has 4 nitrogen and oxygen atoms in total. The number of amidine groups is 2. The first-order valence-electron chi connectivity index (χ1n) is 18.5. The molecule has 0 N–H and O–H groups in total. The van der Waals surface area contributed by atoms with E-state index >= 15 is 0 Å². The highest BCUT2D eigenvalue weighted by Gasteiger charge is 2.14. The molecule has 0 radical (unpaired) electrons. The van der Waals surface area contributed by atoms with Crippen LogP contribution in [0.4, 0.5) is 0 Å². The van der Waals surface area contributed by atoms with Gasteiger partial charge >= 0.3 is 0 Å². The first-order valence-corrected chi connectivity index (χ1v) is 18.5. The van der Waals surface area contributed by atoms with Crippen molar-refractivity contribution >= 4 is 46.9 Å². The third kappa shape index (κ3) is 8.84. The fraction of sp³-hybridized carbons (Fsp3) is 0.0784. The number of benzene rings is 6. The average molecular weight is 714 g/mol. The highest BCUT2D eigenvalue weighted by atomic mass is 16.5. The van der Waals surface area contributed by atoms with Gasteiger partial charge in [-0.2, -0.15) is 0 Å². The summed E-state index contributed by atoms with van der Waals surface area (Å²) in [6, 6.07) is 48.2. The Kier molecular flexibility index (Phi) is 11.4. The zero-order valence-corrected chi connectivity index (χ0v) is 31.5. The monoisotopic (exact) mass is 713 g/mol. The molecule has 0 atom stereocenters. The molecule has 1 aliphatic heterocycles. The highest BCUT2D eigenvalue weighted by molar-refractivity contribution is 6.16. The van der Waals surface area contributed by atoms with Gasteiger partial charge in [-0.3, -0.25) is 4.99 Å². The third-order valence-electron chi connectivity index (χ3n) is 9.70. The fourth-order valence-electron chi connectivity index (χ4n) is 6.52. The van der Waals surface area contributed by atoms with E-state index in [1.165, 1.54) is 16.3 Å². The number of hydrogen-bond acceptors (Lipinski definition) is 2. The van der Waals surface area contributed by atoms with Crippen LogP contribution in [0.1, 0.15) is 47.2 Å². The SMILES string of the molecule is C=N\C(=N/C(=N\Cc1ccc2ccccc2c1)C(/C=C\c1ccccc1C)=C(\C)c1ccccc1)c1ccc(-c2ccc3c(c2)\C=C/C=C\C(=C\C)O3)cc1. The molecule has 6 aromatic carbocycles. The summed E-state index contributed by atoms with van der Waals surface area (Å²) in [5.74, 6) is 2.70. The Balaban J connectivity index is 1.30. The molecule has 4 heteroatoms. The van der Waals surface area contributed by atoms with Crippen LogP contribution in [-0.4, -0.2) is 18.4 Å². The zero-order valence-electron chi connectivity index (χ0n) is 31.5. The topological polar surface area (TPSA) is 46.3 Å². The summed E-state index contributed by atoms with van der Waals surface area (Å²) < 4.78 is 6.13. The van der Waals surface area contributed by atoms with Gasteiger partial charge in [0, 0.05) is 16.7 Å². The summed E-state index contributed by atoms with van der Waals surface area (Å²) in [5.41, 5.74) is 10.5. The second-order valence-electron chi connectivity index (χ2n) is 13.4.